The number of carbonyl (C=O) groups excluding carboxylic acids is 1. The molecule has 0 aliphatic rings. The van der Waals surface area contributed by atoms with Crippen LogP contribution in [0.4, 0.5) is 5.69 Å². The summed E-state index contributed by atoms with van der Waals surface area (Å²) in [4.78, 5) is 11.7. The minimum Gasteiger partial charge on any atom is -0.486 e. The van der Waals surface area contributed by atoms with Crippen LogP contribution in [0.2, 0.25) is 0 Å². The lowest BCUT2D eigenvalue weighted by molar-refractivity contribution is 0.101. The van der Waals surface area contributed by atoms with Crippen molar-refractivity contribution in [1.29, 1.82) is 0 Å². The molecule has 0 amide bonds. The Morgan fingerprint density at radius 1 is 1.24 bits per heavy atom. The summed E-state index contributed by atoms with van der Waals surface area (Å²) in [7, 11) is 0. The standard InChI is InChI=1S/C17H18BrNO2/c1-10-4-5-11(2)13(6-10)9-21-17-15(12(3)20)7-14(18)8-16(17)19/h4-8H,9,19H2,1-3H3. The van der Waals surface area contributed by atoms with Gasteiger partial charge in [0.05, 0.1) is 11.3 Å². The molecule has 0 atom stereocenters. The van der Waals surface area contributed by atoms with Crippen LogP contribution in [0.1, 0.15) is 34.0 Å². The molecule has 110 valence electrons. The Bertz CT molecular complexity index is 695. The van der Waals surface area contributed by atoms with Gasteiger partial charge in [0.2, 0.25) is 0 Å². The Balaban J connectivity index is 2.32. The maximum atomic E-state index is 11.7. The molecule has 2 N–H and O–H groups in total. The topological polar surface area (TPSA) is 52.3 Å². The fourth-order valence-corrected chi connectivity index (χ4v) is 2.62. The van der Waals surface area contributed by atoms with Crippen LogP contribution in [0.25, 0.3) is 0 Å². The largest absolute Gasteiger partial charge is 0.486 e. The molecule has 0 saturated heterocycles. The SMILES string of the molecule is CC(=O)c1cc(Br)cc(N)c1OCc1cc(C)ccc1C. The quantitative estimate of drug-likeness (QED) is 0.657. The highest BCUT2D eigenvalue weighted by molar-refractivity contribution is 9.10. The summed E-state index contributed by atoms with van der Waals surface area (Å²) in [5.74, 6) is 0.380. The van der Waals surface area contributed by atoms with Crippen molar-refractivity contribution in [3.05, 3.63) is 57.1 Å². The van der Waals surface area contributed by atoms with Crippen LogP contribution in [0, 0.1) is 13.8 Å². The summed E-state index contributed by atoms with van der Waals surface area (Å²) in [6.45, 7) is 5.97. The smallest absolute Gasteiger partial charge is 0.163 e. The number of Topliss-reactive ketones (excluding diaryl/α,β-unsaturated/α-hetero) is 1. The van der Waals surface area contributed by atoms with Gasteiger partial charge in [-0.15, -0.1) is 0 Å². The molecule has 0 heterocycles. The molecule has 0 radical (unpaired) electrons. The van der Waals surface area contributed by atoms with E-state index in [1.54, 1.807) is 12.1 Å². The zero-order chi connectivity index (χ0) is 15.6. The molecule has 0 spiro atoms. The van der Waals surface area contributed by atoms with E-state index < -0.39 is 0 Å². The Morgan fingerprint density at radius 2 is 1.95 bits per heavy atom. The third kappa shape index (κ3) is 3.64. The van der Waals surface area contributed by atoms with E-state index in [0.717, 1.165) is 15.6 Å². The van der Waals surface area contributed by atoms with Gasteiger partial charge in [0, 0.05) is 4.47 Å². The van der Waals surface area contributed by atoms with Gasteiger partial charge in [-0.1, -0.05) is 39.7 Å². The Hall–Kier alpha value is -1.81. The van der Waals surface area contributed by atoms with Crippen molar-refractivity contribution in [1.82, 2.24) is 0 Å². The van der Waals surface area contributed by atoms with Gasteiger partial charge in [-0.3, -0.25) is 4.79 Å². The van der Waals surface area contributed by atoms with Gasteiger partial charge in [-0.05, 0) is 44.0 Å². The van der Waals surface area contributed by atoms with Gasteiger partial charge in [0.25, 0.3) is 0 Å². The molecule has 21 heavy (non-hydrogen) atoms. The highest BCUT2D eigenvalue weighted by Crippen LogP contribution is 2.32. The maximum absolute atomic E-state index is 11.7. The van der Waals surface area contributed by atoms with Crippen molar-refractivity contribution in [3.8, 4) is 5.75 Å². The Kier molecular flexibility index (Phi) is 4.68. The van der Waals surface area contributed by atoms with Crippen LogP contribution >= 0.6 is 15.9 Å². The number of ether oxygens (including phenoxy) is 1. The molecule has 2 aromatic rings. The highest BCUT2D eigenvalue weighted by atomic mass is 79.9. The van der Waals surface area contributed by atoms with Gasteiger partial charge in [-0.2, -0.15) is 0 Å². The van der Waals surface area contributed by atoms with Gasteiger partial charge in [-0.25, -0.2) is 0 Å². The summed E-state index contributed by atoms with van der Waals surface area (Å²) in [5.41, 5.74) is 10.4. The van der Waals surface area contributed by atoms with Gasteiger partial charge < -0.3 is 10.5 Å². The first-order valence-corrected chi connectivity index (χ1v) is 7.46. The monoisotopic (exact) mass is 347 g/mol. The van der Waals surface area contributed by atoms with Crippen LogP contribution < -0.4 is 10.5 Å². The van der Waals surface area contributed by atoms with Crippen molar-refractivity contribution < 1.29 is 9.53 Å². The van der Waals surface area contributed by atoms with Crippen LogP contribution in [0.3, 0.4) is 0 Å². The number of anilines is 1. The fraction of sp³-hybridized carbons (Fsp3) is 0.235. The molecular weight excluding hydrogens is 330 g/mol. The lowest BCUT2D eigenvalue weighted by atomic mass is 10.1. The maximum Gasteiger partial charge on any atom is 0.163 e. The van der Waals surface area contributed by atoms with Crippen molar-refractivity contribution >= 4 is 27.4 Å². The molecule has 0 unspecified atom stereocenters. The Morgan fingerprint density at radius 3 is 2.62 bits per heavy atom. The molecule has 2 aromatic carbocycles. The number of nitrogens with two attached hydrogens (primary N) is 1. The van der Waals surface area contributed by atoms with E-state index in [1.165, 1.54) is 12.5 Å². The predicted molar refractivity (Wildman–Crippen MR) is 88.8 cm³/mol. The van der Waals surface area contributed by atoms with E-state index in [1.807, 2.05) is 13.8 Å². The summed E-state index contributed by atoms with van der Waals surface area (Å²) < 4.78 is 6.61. The first-order chi connectivity index (χ1) is 9.88. The van der Waals surface area contributed by atoms with E-state index in [-0.39, 0.29) is 5.78 Å². The van der Waals surface area contributed by atoms with Crippen molar-refractivity contribution in [2.24, 2.45) is 0 Å². The van der Waals surface area contributed by atoms with Crippen molar-refractivity contribution in [2.45, 2.75) is 27.4 Å². The second-order valence-corrected chi connectivity index (χ2v) is 6.06. The normalized spacial score (nSPS) is 10.5. The third-order valence-corrected chi connectivity index (χ3v) is 3.80. The first-order valence-electron chi connectivity index (χ1n) is 6.67. The van der Waals surface area contributed by atoms with Crippen molar-refractivity contribution in [3.63, 3.8) is 0 Å². The number of hydrogen-bond donors (Lipinski definition) is 1. The number of aryl methyl sites for hydroxylation is 2. The van der Waals surface area contributed by atoms with E-state index in [2.05, 4.69) is 34.1 Å². The number of hydrogen-bond acceptors (Lipinski definition) is 3. The average Bonchev–Trinajstić information content (AvgIpc) is 2.40. The van der Waals surface area contributed by atoms with Crippen LogP contribution in [-0.4, -0.2) is 5.78 Å². The molecule has 4 heteroatoms. The summed E-state index contributed by atoms with van der Waals surface area (Å²) in [6, 6.07) is 9.68. The average molecular weight is 348 g/mol. The molecule has 0 aliphatic heterocycles. The van der Waals surface area contributed by atoms with Crippen molar-refractivity contribution in [2.75, 3.05) is 5.73 Å². The first kappa shape index (κ1) is 15.6. The van der Waals surface area contributed by atoms with Crippen LogP contribution in [-0.2, 0) is 6.61 Å². The third-order valence-electron chi connectivity index (χ3n) is 3.34. The van der Waals surface area contributed by atoms with Gasteiger partial charge in [0.15, 0.2) is 11.5 Å². The lowest BCUT2D eigenvalue weighted by Gasteiger charge is -2.14. The number of ketones is 1. The highest BCUT2D eigenvalue weighted by Gasteiger charge is 2.14. The van der Waals surface area contributed by atoms with Gasteiger partial charge in [0.1, 0.15) is 6.61 Å². The fourth-order valence-electron chi connectivity index (χ4n) is 2.14. The van der Waals surface area contributed by atoms with E-state index in [0.29, 0.717) is 23.6 Å². The predicted octanol–water partition coefficient (Wildman–Crippen LogP) is 4.43. The molecule has 0 saturated carbocycles. The van der Waals surface area contributed by atoms with E-state index in [9.17, 15) is 4.79 Å². The molecular formula is C17H18BrNO2. The number of halogens is 1. The minimum atomic E-state index is -0.0704. The molecule has 0 fully saturated rings. The Labute approximate surface area is 133 Å². The van der Waals surface area contributed by atoms with Crippen LogP contribution in [0.15, 0.2) is 34.8 Å². The number of rotatable bonds is 4. The molecule has 0 aromatic heterocycles. The number of benzene rings is 2. The van der Waals surface area contributed by atoms with Gasteiger partial charge >= 0.3 is 0 Å². The zero-order valence-corrected chi connectivity index (χ0v) is 14.0. The molecule has 0 aliphatic carbocycles. The second kappa shape index (κ2) is 6.31. The number of carbonyl (C=O) groups is 1. The van der Waals surface area contributed by atoms with E-state index >= 15 is 0 Å². The van der Waals surface area contributed by atoms with E-state index in [4.69, 9.17) is 10.5 Å². The second-order valence-electron chi connectivity index (χ2n) is 5.15. The zero-order valence-electron chi connectivity index (χ0n) is 12.4. The summed E-state index contributed by atoms with van der Waals surface area (Å²) in [6.07, 6.45) is 0. The number of nitrogen functional groups attached to an aromatic ring is 1. The molecule has 0 bridgehead atoms. The summed E-state index contributed by atoms with van der Waals surface area (Å²) in [5, 5.41) is 0. The molecule has 2 rings (SSSR count). The lowest BCUT2D eigenvalue weighted by Crippen LogP contribution is -2.06. The van der Waals surface area contributed by atoms with Crippen LogP contribution in [0.5, 0.6) is 5.75 Å². The molecule has 3 nitrogen and oxygen atoms in total. The minimum absolute atomic E-state index is 0.0704. The summed E-state index contributed by atoms with van der Waals surface area (Å²) >= 11 is 3.34.